The number of nitrogens with zero attached hydrogens (tertiary/aromatic N) is 1. The summed E-state index contributed by atoms with van der Waals surface area (Å²) < 4.78 is 15.3. The highest BCUT2D eigenvalue weighted by Crippen LogP contribution is 2.38. The summed E-state index contributed by atoms with van der Waals surface area (Å²) in [4.78, 5) is 22.4. The lowest BCUT2D eigenvalue weighted by Crippen LogP contribution is -2.49. The van der Waals surface area contributed by atoms with E-state index in [1.807, 2.05) is 0 Å². The van der Waals surface area contributed by atoms with Crippen LogP contribution >= 0.6 is 0 Å². The molecule has 0 saturated heterocycles. The second-order valence-corrected chi connectivity index (χ2v) is 4.96. The maximum absolute atomic E-state index is 11.5. The second-order valence-electron chi connectivity index (χ2n) is 4.96. The molecule has 0 aromatic heterocycles. The van der Waals surface area contributed by atoms with Crippen LogP contribution < -0.4 is 9.47 Å². The Hall–Kier alpha value is -2.31. The van der Waals surface area contributed by atoms with Crippen LogP contribution in [-0.4, -0.2) is 37.3 Å². The zero-order chi connectivity index (χ0) is 15.5. The molecular weight excluding hydrogens is 278 g/mol. The minimum absolute atomic E-state index is 0.0225. The Morgan fingerprint density at radius 1 is 1.48 bits per heavy atom. The van der Waals surface area contributed by atoms with E-state index in [1.54, 1.807) is 18.2 Å². The Kier molecular flexibility index (Phi) is 4.30. The molecule has 0 radical (unpaired) electrons. The molecule has 0 fully saturated rings. The third-order valence-electron chi connectivity index (χ3n) is 3.72. The number of rotatable bonds is 5. The van der Waals surface area contributed by atoms with E-state index in [-0.39, 0.29) is 30.8 Å². The summed E-state index contributed by atoms with van der Waals surface area (Å²) in [5, 5.41) is 11.5. The van der Waals surface area contributed by atoms with Crippen LogP contribution in [0.25, 0.3) is 0 Å². The number of ether oxygens (including phenoxy) is 3. The molecule has 1 aliphatic heterocycles. The molecule has 1 atom stereocenters. The van der Waals surface area contributed by atoms with Crippen LogP contribution in [0.15, 0.2) is 18.2 Å². The number of methoxy groups -OCH3 is 2. The average Bonchev–Trinajstić information content (AvgIpc) is 2.51. The van der Waals surface area contributed by atoms with Gasteiger partial charge in [0.05, 0.1) is 27.1 Å². The quantitative estimate of drug-likeness (QED) is 0.466. The molecule has 1 aliphatic rings. The van der Waals surface area contributed by atoms with Gasteiger partial charge in [-0.05, 0) is 12.1 Å². The first-order chi connectivity index (χ1) is 10.0. The number of benzene rings is 1. The predicted octanol–water partition coefficient (Wildman–Crippen LogP) is 1.60. The Morgan fingerprint density at radius 3 is 2.86 bits per heavy atom. The third-order valence-corrected chi connectivity index (χ3v) is 3.72. The number of esters is 1. The van der Waals surface area contributed by atoms with Crippen molar-refractivity contribution in [2.45, 2.75) is 24.8 Å². The van der Waals surface area contributed by atoms with Gasteiger partial charge in [-0.3, -0.25) is 14.9 Å². The van der Waals surface area contributed by atoms with Gasteiger partial charge in [-0.15, -0.1) is 0 Å². The van der Waals surface area contributed by atoms with Gasteiger partial charge in [0.15, 0.2) is 6.61 Å². The van der Waals surface area contributed by atoms with E-state index >= 15 is 0 Å². The van der Waals surface area contributed by atoms with Gasteiger partial charge in [0.1, 0.15) is 11.5 Å². The summed E-state index contributed by atoms with van der Waals surface area (Å²) in [6.07, 6.45) is 0.200. The number of carbonyl (C=O) groups excluding carboxylic acids is 1. The highest BCUT2D eigenvalue weighted by molar-refractivity contribution is 5.69. The van der Waals surface area contributed by atoms with Gasteiger partial charge in [0.25, 0.3) is 5.54 Å². The van der Waals surface area contributed by atoms with Crippen molar-refractivity contribution in [1.29, 1.82) is 0 Å². The van der Waals surface area contributed by atoms with E-state index < -0.39 is 11.5 Å². The lowest BCUT2D eigenvalue weighted by Gasteiger charge is -2.31. The van der Waals surface area contributed by atoms with Crippen LogP contribution in [0.5, 0.6) is 11.5 Å². The Bertz CT molecular complexity index is 544. The van der Waals surface area contributed by atoms with E-state index in [0.29, 0.717) is 17.1 Å². The van der Waals surface area contributed by atoms with Crippen LogP contribution in [0.2, 0.25) is 0 Å². The number of hydrogen-bond acceptors (Lipinski definition) is 6. The first kappa shape index (κ1) is 15.1. The highest BCUT2D eigenvalue weighted by atomic mass is 16.6. The summed E-state index contributed by atoms with van der Waals surface area (Å²) in [5.41, 5.74) is -0.677. The molecule has 1 heterocycles. The minimum atomic E-state index is -1.34. The van der Waals surface area contributed by atoms with Gasteiger partial charge in [0.2, 0.25) is 0 Å². The zero-order valence-electron chi connectivity index (χ0n) is 12.0. The number of carbonyl (C=O) groups is 1. The predicted molar refractivity (Wildman–Crippen MR) is 73.2 cm³/mol. The molecular formula is C14H17NO6. The van der Waals surface area contributed by atoms with E-state index in [1.165, 1.54) is 14.2 Å². The van der Waals surface area contributed by atoms with E-state index in [4.69, 9.17) is 9.47 Å². The van der Waals surface area contributed by atoms with Gasteiger partial charge >= 0.3 is 5.97 Å². The molecule has 7 heteroatoms. The van der Waals surface area contributed by atoms with Crippen molar-refractivity contribution < 1.29 is 23.9 Å². The SMILES string of the molecule is COC(=O)CCC1([N+](=O)[O-])COc2cccc(OC)c2C1. The lowest BCUT2D eigenvalue weighted by atomic mass is 9.85. The van der Waals surface area contributed by atoms with Gasteiger partial charge in [-0.1, -0.05) is 6.07 Å². The smallest absolute Gasteiger partial charge is 0.305 e. The maximum atomic E-state index is 11.5. The molecule has 1 aromatic carbocycles. The molecule has 0 aliphatic carbocycles. The van der Waals surface area contributed by atoms with Crippen molar-refractivity contribution in [2.75, 3.05) is 20.8 Å². The highest BCUT2D eigenvalue weighted by Gasteiger charge is 2.48. The summed E-state index contributed by atoms with van der Waals surface area (Å²) in [5.74, 6) is 0.670. The topological polar surface area (TPSA) is 87.9 Å². The van der Waals surface area contributed by atoms with Crippen LogP contribution in [-0.2, 0) is 16.0 Å². The second kappa shape index (κ2) is 5.99. The molecule has 2 rings (SSSR count). The number of nitro groups is 1. The van der Waals surface area contributed by atoms with Crippen molar-refractivity contribution in [3.8, 4) is 11.5 Å². The summed E-state index contributed by atoms with van der Waals surface area (Å²) in [6, 6.07) is 5.26. The van der Waals surface area contributed by atoms with E-state index in [9.17, 15) is 14.9 Å². The largest absolute Gasteiger partial charge is 0.496 e. The third kappa shape index (κ3) is 2.91. The fourth-order valence-corrected chi connectivity index (χ4v) is 2.44. The molecule has 0 saturated carbocycles. The van der Waals surface area contributed by atoms with Crippen LogP contribution in [0, 0.1) is 10.1 Å². The van der Waals surface area contributed by atoms with Crippen molar-refractivity contribution in [1.82, 2.24) is 0 Å². The maximum Gasteiger partial charge on any atom is 0.305 e. The van der Waals surface area contributed by atoms with E-state index in [2.05, 4.69) is 4.74 Å². The Morgan fingerprint density at radius 2 is 2.24 bits per heavy atom. The zero-order valence-corrected chi connectivity index (χ0v) is 12.0. The van der Waals surface area contributed by atoms with Crippen LogP contribution in [0.3, 0.4) is 0 Å². The molecule has 0 amide bonds. The minimum Gasteiger partial charge on any atom is -0.496 e. The van der Waals surface area contributed by atoms with Gasteiger partial charge < -0.3 is 14.2 Å². The first-order valence-electron chi connectivity index (χ1n) is 6.52. The number of fused-ring (bicyclic) bond motifs is 1. The fraction of sp³-hybridized carbons (Fsp3) is 0.500. The molecule has 0 spiro atoms. The van der Waals surface area contributed by atoms with Crippen molar-refractivity contribution in [2.24, 2.45) is 0 Å². The average molecular weight is 295 g/mol. The summed E-state index contributed by atoms with van der Waals surface area (Å²) >= 11 is 0. The molecule has 1 unspecified atom stereocenters. The Labute approximate surface area is 122 Å². The molecule has 7 nitrogen and oxygen atoms in total. The summed E-state index contributed by atoms with van der Waals surface area (Å²) in [7, 11) is 2.77. The van der Waals surface area contributed by atoms with Crippen LogP contribution in [0.4, 0.5) is 0 Å². The molecule has 0 bridgehead atoms. The van der Waals surface area contributed by atoms with E-state index in [0.717, 1.165) is 0 Å². The normalized spacial score (nSPS) is 20.1. The van der Waals surface area contributed by atoms with Crippen LogP contribution in [0.1, 0.15) is 18.4 Å². The van der Waals surface area contributed by atoms with Gasteiger partial charge in [-0.25, -0.2) is 0 Å². The molecule has 1 aromatic rings. The van der Waals surface area contributed by atoms with Crippen molar-refractivity contribution >= 4 is 5.97 Å². The van der Waals surface area contributed by atoms with Gasteiger partial charge in [0, 0.05) is 16.9 Å². The Balaban J connectivity index is 2.29. The fourth-order valence-electron chi connectivity index (χ4n) is 2.44. The number of hydrogen-bond donors (Lipinski definition) is 0. The summed E-state index contributed by atoms with van der Waals surface area (Å²) in [6.45, 7) is -0.0723. The molecule has 114 valence electrons. The van der Waals surface area contributed by atoms with Crippen molar-refractivity contribution in [3.63, 3.8) is 0 Å². The molecule has 21 heavy (non-hydrogen) atoms. The standard InChI is InChI=1S/C14H17NO6/c1-19-11-4-3-5-12-10(11)8-14(9-21-12,15(17)18)7-6-13(16)20-2/h3-5H,6-9H2,1-2H3. The monoisotopic (exact) mass is 295 g/mol. The molecule has 0 N–H and O–H groups in total. The lowest BCUT2D eigenvalue weighted by molar-refractivity contribution is -0.574. The first-order valence-corrected chi connectivity index (χ1v) is 6.52. The van der Waals surface area contributed by atoms with Crippen molar-refractivity contribution in [3.05, 3.63) is 33.9 Å². The van der Waals surface area contributed by atoms with Gasteiger partial charge in [-0.2, -0.15) is 0 Å².